The molecule has 0 heterocycles. The molecule has 3 aliphatic rings. The fourth-order valence-corrected chi connectivity index (χ4v) is 4.33. The molecule has 0 aromatic rings. The van der Waals surface area contributed by atoms with Crippen LogP contribution in [0.2, 0.25) is 0 Å². The third-order valence-electron chi connectivity index (χ3n) is 5.40. The SMILES string of the molecule is CCCCC1=C(CCCC)C2(C3=CC=CC3)C=C1CC2. The normalized spacial score (nSPS) is 27.5. The van der Waals surface area contributed by atoms with Gasteiger partial charge in [-0.2, -0.15) is 0 Å². The van der Waals surface area contributed by atoms with Crippen LogP contribution in [0.1, 0.15) is 71.6 Å². The molecule has 0 radical (unpaired) electrons. The van der Waals surface area contributed by atoms with Gasteiger partial charge in [-0.05, 0) is 56.1 Å². The van der Waals surface area contributed by atoms with Crippen LogP contribution in [0, 0.1) is 5.41 Å². The molecule has 0 aromatic heterocycles. The van der Waals surface area contributed by atoms with E-state index in [1.807, 2.05) is 5.57 Å². The van der Waals surface area contributed by atoms with Gasteiger partial charge in [-0.1, -0.05) is 62.1 Å². The van der Waals surface area contributed by atoms with Crippen molar-refractivity contribution in [2.75, 3.05) is 0 Å². The lowest BCUT2D eigenvalue weighted by Gasteiger charge is -2.34. The molecule has 2 bridgehead atoms. The van der Waals surface area contributed by atoms with E-state index in [0.717, 1.165) is 0 Å². The monoisotopic (exact) mass is 268 g/mol. The average Bonchev–Trinajstić information content (AvgIpc) is 3.16. The number of rotatable bonds is 7. The van der Waals surface area contributed by atoms with Crippen LogP contribution in [0.25, 0.3) is 0 Å². The van der Waals surface area contributed by atoms with Crippen LogP contribution in [0.3, 0.4) is 0 Å². The van der Waals surface area contributed by atoms with Crippen LogP contribution in [0.5, 0.6) is 0 Å². The first-order valence-corrected chi connectivity index (χ1v) is 8.62. The summed E-state index contributed by atoms with van der Waals surface area (Å²) in [5.41, 5.74) is 7.29. The molecule has 0 saturated heterocycles. The molecule has 0 aliphatic heterocycles. The molecule has 1 unspecified atom stereocenters. The lowest BCUT2D eigenvalue weighted by molar-refractivity contribution is 0.483. The summed E-state index contributed by atoms with van der Waals surface area (Å²) in [6, 6.07) is 0. The minimum absolute atomic E-state index is 0.344. The van der Waals surface area contributed by atoms with E-state index in [0.29, 0.717) is 5.41 Å². The van der Waals surface area contributed by atoms with Crippen LogP contribution in [-0.4, -0.2) is 0 Å². The summed E-state index contributed by atoms with van der Waals surface area (Å²) in [5, 5.41) is 0. The van der Waals surface area contributed by atoms with E-state index in [2.05, 4.69) is 38.2 Å². The van der Waals surface area contributed by atoms with E-state index in [-0.39, 0.29) is 0 Å². The average molecular weight is 268 g/mol. The van der Waals surface area contributed by atoms with E-state index in [1.165, 1.54) is 57.8 Å². The first kappa shape index (κ1) is 13.9. The van der Waals surface area contributed by atoms with Gasteiger partial charge in [0, 0.05) is 5.41 Å². The van der Waals surface area contributed by atoms with Crippen molar-refractivity contribution in [1.82, 2.24) is 0 Å². The molecule has 0 heteroatoms. The minimum Gasteiger partial charge on any atom is -0.0804 e. The molecule has 0 N–H and O–H groups in total. The van der Waals surface area contributed by atoms with E-state index < -0.39 is 0 Å². The van der Waals surface area contributed by atoms with E-state index in [1.54, 1.807) is 16.7 Å². The van der Waals surface area contributed by atoms with Crippen molar-refractivity contribution >= 4 is 0 Å². The molecule has 0 fully saturated rings. The van der Waals surface area contributed by atoms with Crippen molar-refractivity contribution in [3.63, 3.8) is 0 Å². The van der Waals surface area contributed by atoms with Crippen molar-refractivity contribution in [3.05, 3.63) is 46.6 Å². The van der Waals surface area contributed by atoms with Gasteiger partial charge in [0.15, 0.2) is 0 Å². The molecule has 0 aromatic carbocycles. The topological polar surface area (TPSA) is 0 Å². The summed E-state index contributed by atoms with van der Waals surface area (Å²) in [6.45, 7) is 4.63. The minimum atomic E-state index is 0.344. The number of unbranched alkanes of at least 4 members (excludes halogenated alkanes) is 2. The van der Waals surface area contributed by atoms with Crippen molar-refractivity contribution in [2.45, 2.75) is 71.6 Å². The van der Waals surface area contributed by atoms with Crippen molar-refractivity contribution in [2.24, 2.45) is 5.41 Å². The molecule has 0 amide bonds. The highest BCUT2D eigenvalue weighted by molar-refractivity contribution is 5.58. The molecule has 0 nitrogen and oxygen atoms in total. The fraction of sp³-hybridized carbons (Fsp3) is 0.600. The van der Waals surface area contributed by atoms with E-state index in [4.69, 9.17) is 0 Å². The van der Waals surface area contributed by atoms with E-state index >= 15 is 0 Å². The molecule has 0 saturated carbocycles. The van der Waals surface area contributed by atoms with Gasteiger partial charge in [0.1, 0.15) is 0 Å². The third-order valence-corrected chi connectivity index (χ3v) is 5.40. The van der Waals surface area contributed by atoms with Crippen molar-refractivity contribution in [1.29, 1.82) is 0 Å². The predicted molar refractivity (Wildman–Crippen MR) is 87.7 cm³/mol. The molecule has 1 atom stereocenters. The summed E-state index contributed by atoms with van der Waals surface area (Å²) in [6.07, 6.45) is 21.5. The number of hydrogen-bond acceptors (Lipinski definition) is 0. The highest BCUT2D eigenvalue weighted by Crippen LogP contribution is 2.59. The summed E-state index contributed by atoms with van der Waals surface area (Å²) in [7, 11) is 0. The maximum Gasteiger partial charge on any atom is 0.0321 e. The highest BCUT2D eigenvalue weighted by atomic mass is 14.5. The Morgan fingerprint density at radius 2 is 1.90 bits per heavy atom. The number of allylic oxidation sites excluding steroid dienone is 8. The maximum absolute atomic E-state index is 2.65. The van der Waals surface area contributed by atoms with Gasteiger partial charge in [0.2, 0.25) is 0 Å². The lowest BCUT2D eigenvalue weighted by atomic mass is 9.69. The standard InChI is InChI=1S/C20H28/c1-3-5-11-18-16-13-14-20(15-16,17-9-7-8-10-17)19(18)12-6-4-2/h7-9,15H,3-6,10-14H2,1-2H3. The zero-order chi connectivity index (χ0) is 14.0. The van der Waals surface area contributed by atoms with E-state index in [9.17, 15) is 0 Å². The Labute approximate surface area is 124 Å². The first-order valence-electron chi connectivity index (χ1n) is 8.62. The van der Waals surface area contributed by atoms with Crippen LogP contribution < -0.4 is 0 Å². The molecule has 108 valence electrons. The Hall–Kier alpha value is -1.04. The molecular weight excluding hydrogens is 240 g/mol. The molecule has 3 rings (SSSR count). The lowest BCUT2D eigenvalue weighted by Crippen LogP contribution is -2.22. The van der Waals surface area contributed by atoms with Crippen molar-refractivity contribution < 1.29 is 0 Å². The first-order chi connectivity index (χ1) is 9.81. The quantitative estimate of drug-likeness (QED) is 0.510. The van der Waals surface area contributed by atoms with Gasteiger partial charge in [0.05, 0.1) is 0 Å². The van der Waals surface area contributed by atoms with Gasteiger partial charge in [-0.15, -0.1) is 0 Å². The highest BCUT2D eigenvalue weighted by Gasteiger charge is 2.45. The van der Waals surface area contributed by atoms with Crippen LogP contribution in [-0.2, 0) is 0 Å². The van der Waals surface area contributed by atoms with Crippen LogP contribution in [0.4, 0.5) is 0 Å². The molecule has 3 aliphatic carbocycles. The Balaban J connectivity index is 1.92. The Kier molecular flexibility index (Phi) is 4.01. The third kappa shape index (κ3) is 2.14. The Morgan fingerprint density at radius 3 is 2.60 bits per heavy atom. The van der Waals surface area contributed by atoms with Gasteiger partial charge in [0.25, 0.3) is 0 Å². The second-order valence-electron chi connectivity index (χ2n) is 6.63. The predicted octanol–water partition coefficient (Wildman–Crippen LogP) is 6.27. The van der Waals surface area contributed by atoms with Gasteiger partial charge < -0.3 is 0 Å². The smallest absolute Gasteiger partial charge is 0.0321 e. The second kappa shape index (κ2) is 5.76. The van der Waals surface area contributed by atoms with Gasteiger partial charge >= 0.3 is 0 Å². The van der Waals surface area contributed by atoms with Crippen LogP contribution in [0.15, 0.2) is 46.6 Å². The summed E-state index contributed by atoms with van der Waals surface area (Å²) >= 11 is 0. The molecule has 20 heavy (non-hydrogen) atoms. The summed E-state index contributed by atoms with van der Waals surface area (Å²) in [4.78, 5) is 0. The number of fused-ring (bicyclic) bond motifs is 1. The maximum atomic E-state index is 2.65. The van der Waals surface area contributed by atoms with Crippen LogP contribution >= 0.6 is 0 Å². The van der Waals surface area contributed by atoms with Gasteiger partial charge in [-0.3, -0.25) is 0 Å². The molecular formula is C20H28. The number of hydrogen-bond donors (Lipinski definition) is 0. The second-order valence-corrected chi connectivity index (χ2v) is 6.63. The largest absolute Gasteiger partial charge is 0.0804 e. The van der Waals surface area contributed by atoms with Gasteiger partial charge in [-0.25, -0.2) is 0 Å². The zero-order valence-electron chi connectivity index (χ0n) is 13.2. The molecule has 0 spiro atoms. The summed E-state index contributed by atoms with van der Waals surface area (Å²) < 4.78 is 0. The fourth-order valence-electron chi connectivity index (χ4n) is 4.33. The Morgan fingerprint density at radius 1 is 1.10 bits per heavy atom. The summed E-state index contributed by atoms with van der Waals surface area (Å²) in [5.74, 6) is 0. The Bertz CT molecular complexity index is 498. The zero-order valence-corrected chi connectivity index (χ0v) is 13.2. The van der Waals surface area contributed by atoms with Crippen molar-refractivity contribution in [3.8, 4) is 0 Å².